The van der Waals surface area contributed by atoms with E-state index in [1.165, 1.54) is 6.42 Å². The molecule has 0 saturated carbocycles. The van der Waals surface area contributed by atoms with Crippen molar-refractivity contribution >= 4 is 6.72 Å². The Hall–Kier alpha value is -0.330. The molecule has 0 rings (SSSR count). The molecule has 6 heavy (non-hydrogen) atoms. The van der Waals surface area contributed by atoms with Crippen molar-refractivity contribution in [2.24, 2.45) is 0 Å². The van der Waals surface area contributed by atoms with Crippen LogP contribution in [0.4, 0.5) is 0 Å². The molecule has 0 aromatic rings. The van der Waals surface area contributed by atoms with Gasteiger partial charge in [-0.2, -0.15) is 0 Å². The lowest BCUT2D eigenvalue weighted by atomic mass is 10.5. The molecule has 0 bridgehead atoms. The molecule has 0 unspecified atom stereocenters. The molecular weight excluding hydrogens is 74.1 g/mol. The van der Waals surface area contributed by atoms with Gasteiger partial charge in [-0.15, -0.1) is 0 Å². The second-order valence-electron chi connectivity index (χ2n) is 1.58. The summed E-state index contributed by atoms with van der Waals surface area (Å²) in [5, 5.41) is 0. The highest BCUT2D eigenvalue weighted by Crippen LogP contribution is 1.70. The number of rotatable bonds is 2. The molecule has 1 nitrogen and oxygen atoms in total. The van der Waals surface area contributed by atoms with Crippen molar-refractivity contribution in [3.05, 3.63) is 0 Å². The summed E-state index contributed by atoms with van der Waals surface area (Å²) in [6.45, 7) is 6.90. The van der Waals surface area contributed by atoms with E-state index in [1.54, 1.807) is 0 Å². The van der Waals surface area contributed by atoms with Crippen molar-refractivity contribution in [1.29, 1.82) is 0 Å². The van der Waals surface area contributed by atoms with E-state index < -0.39 is 0 Å². The summed E-state index contributed by atoms with van der Waals surface area (Å²) in [6, 6.07) is 0. The van der Waals surface area contributed by atoms with E-state index in [4.69, 9.17) is 0 Å². The maximum Gasteiger partial charge on any atom is 0.141 e. The van der Waals surface area contributed by atoms with Gasteiger partial charge in [0.1, 0.15) is 20.3 Å². The Labute approximate surface area is 39.3 Å². The van der Waals surface area contributed by atoms with Crippen molar-refractivity contribution in [3.8, 4) is 0 Å². The molecular formula is C5H12N+. The van der Waals surface area contributed by atoms with Gasteiger partial charge in [0.25, 0.3) is 0 Å². The van der Waals surface area contributed by atoms with Gasteiger partial charge in [0.15, 0.2) is 0 Å². The zero-order valence-electron chi connectivity index (χ0n) is 4.57. The lowest BCUT2D eigenvalue weighted by Gasteiger charge is -1.84. The van der Waals surface area contributed by atoms with Crippen LogP contribution in [0.15, 0.2) is 0 Å². The highest BCUT2D eigenvalue weighted by Gasteiger charge is 1.81. The molecule has 36 valence electrons. The van der Waals surface area contributed by atoms with Crippen molar-refractivity contribution in [1.82, 2.24) is 0 Å². The standard InChI is InChI=1S/C5H12N/c1-4-5-6(2)3/h2,4-5H2,1,3H3/q+1. The van der Waals surface area contributed by atoms with E-state index in [2.05, 4.69) is 13.6 Å². The molecule has 0 heterocycles. The quantitative estimate of drug-likeness (QED) is 0.344. The van der Waals surface area contributed by atoms with Crippen LogP contribution in [0.1, 0.15) is 13.3 Å². The fourth-order valence-electron chi connectivity index (χ4n) is 0.382. The molecule has 0 aromatic carbocycles. The largest absolute Gasteiger partial charge is 0.245 e. The molecule has 0 atom stereocenters. The van der Waals surface area contributed by atoms with Gasteiger partial charge in [0.05, 0.1) is 0 Å². The predicted octanol–water partition coefficient (Wildman–Crippen LogP) is 0.739. The summed E-state index contributed by atoms with van der Waals surface area (Å²) in [5.41, 5.74) is 0. The van der Waals surface area contributed by atoms with Gasteiger partial charge in [-0.3, -0.25) is 0 Å². The molecule has 0 spiro atoms. The van der Waals surface area contributed by atoms with Crippen LogP contribution in [-0.4, -0.2) is 24.9 Å². The van der Waals surface area contributed by atoms with Crippen molar-refractivity contribution < 1.29 is 4.58 Å². The monoisotopic (exact) mass is 86.1 g/mol. The minimum atomic E-state index is 1.10. The fourth-order valence-corrected chi connectivity index (χ4v) is 0.382. The smallest absolute Gasteiger partial charge is 0.141 e. The minimum absolute atomic E-state index is 1.10. The van der Waals surface area contributed by atoms with Gasteiger partial charge in [-0.1, -0.05) is 6.92 Å². The first-order valence-electron chi connectivity index (χ1n) is 2.29. The Morgan fingerprint density at radius 2 is 2.17 bits per heavy atom. The predicted molar refractivity (Wildman–Crippen MR) is 28.5 cm³/mol. The van der Waals surface area contributed by atoms with Gasteiger partial charge in [-0.25, -0.2) is 4.58 Å². The molecule has 0 fully saturated rings. The van der Waals surface area contributed by atoms with Gasteiger partial charge < -0.3 is 0 Å². The fraction of sp³-hybridized carbons (Fsp3) is 0.800. The third-order valence-electron chi connectivity index (χ3n) is 0.605. The molecule has 0 N–H and O–H groups in total. The maximum absolute atomic E-state index is 3.66. The van der Waals surface area contributed by atoms with E-state index in [1.807, 2.05) is 11.6 Å². The summed E-state index contributed by atoms with van der Waals surface area (Å²) in [5.74, 6) is 0. The summed E-state index contributed by atoms with van der Waals surface area (Å²) < 4.78 is 1.93. The molecule has 0 saturated heterocycles. The highest BCUT2D eigenvalue weighted by molar-refractivity contribution is 5.13. The van der Waals surface area contributed by atoms with Gasteiger partial charge in [0, 0.05) is 6.42 Å². The first-order valence-corrected chi connectivity index (χ1v) is 2.29. The first kappa shape index (κ1) is 5.67. The van der Waals surface area contributed by atoms with Crippen LogP contribution >= 0.6 is 0 Å². The Morgan fingerprint density at radius 3 is 2.17 bits per heavy atom. The van der Waals surface area contributed by atoms with Gasteiger partial charge in [0.2, 0.25) is 0 Å². The SMILES string of the molecule is C=[N+](C)CCC. The Balaban J connectivity index is 2.83. The zero-order valence-corrected chi connectivity index (χ0v) is 4.57. The molecule has 0 radical (unpaired) electrons. The van der Waals surface area contributed by atoms with Crippen LogP contribution in [-0.2, 0) is 0 Å². The molecule has 0 aliphatic heterocycles. The third kappa shape index (κ3) is 3.67. The first-order chi connectivity index (χ1) is 2.77. The van der Waals surface area contributed by atoms with Gasteiger partial charge in [-0.05, 0) is 0 Å². The van der Waals surface area contributed by atoms with Crippen LogP contribution in [0.5, 0.6) is 0 Å². The van der Waals surface area contributed by atoms with E-state index in [0.717, 1.165) is 6.54 Å². The third-order valence-corrected chi connectivity index (χ3v) is 0.605. The topological polar surface area (TPSA) is 3.01 Å². The van der Waals surface area contributed by atoms with Crippen LogP contribution < -0.4 is 0 Å². The summed E-state index contributed by atoms with van der Waals surface area (Å²) in [7, 11) is 1.98. The number of hydrogen-bond acceptors (Lipinski definition) is 0. The van der Waals surface area contributed by atoms with Crippen molar-refractivity contribution in [2.45, 2.75) is 13.3 Å². The minimum Gasteiger partial charge on any atom is -0.245 e. The number of hydrogen-bond donors (Lipinski definition) is 0. The van der Waals surface area contributed by atoms with Gasteiger partial charge >= 0.3 is 0 Å². The lowest BCUT2D eigenvalue weighted by Crippen LogP contribution is -2.01. The summed E-state index contributed by atoms with van der Waals surface area (Å²) >= 11 is 0. The zero-order chi connectivity index (χ0) is 4.99. The van der Waals surface area contributed by atoms with Crippen LogP contribution in [0.2, 0.25) is 0 Å². The summed E-state index contributed by atoms with van der Waals surface area (Å²) in [4.78, 5) is 0. The molecule has 1 heteroatoms. The average Bonchev–Trinajstić information content (AvgIpc) is 1.35. The Bertz CT molecular complexity index is 47.9. The van der Waals surface area contributed by atoms with Crippen LogP contribution in [0.3, 0.4) is 0 Å². The highest BCUT2D eigenvalue weighted by atomic mass is 14.9. The Kier molecular flexibility index (Phi) is 2.73. The van der Waals surface area contributed by atoms with Crippen LogP contribution in [0, 0.1) is 0 Å². The Morgan fingerprint density at radius 1 is 1.67 bits per heavy atom. The maximum atomic E-state index is 3.66. The second-order valence-corrected chi connectivity index (χ2v) is 1.58. The van der Waals surface area contributed by atoms with Crippen molar-refractivity contribution in [2.75, 3.05) is 13.6 Å². The lowest BCUT2D eigenvalue weighted by molar-refractivity contribution is -0.488. The molecule has 0 amide bonds. The van der Waals surface area contributed by atoms with E-state index in [-0.39, 0.29) is 0 Å². The van der Waals surface area contributed by atoms with E-state index in [9.17, 15) is 0 Å². The molecule has 0 aliphatic carbocycles. The second kappa shape index (κ2) is 2.88. The summed E-state index contributed by atoms with van der Waals surface area (Å²) in [6.07, 6.45) is 1.19. The molecule has 0 aliphatic rings. The van der Waals surface area contributed by atoms with E-state index in [0.29, 0.717) is 0 Å². The normalized spacial score (nSPS) is 8.33. The number of nitrogens with zero attached hydrogens (tertiary/aromatic N) is 1. The molecule has 0 aromatic heterocycles. The van der Waals surface area contributed by atoms with E-state index >= 15 is 0 Å². The van der Waals surface area contributed by atoms with Crippen LogP contribution in [0.25, 0.3) is 0 Å². The average molecular weight is 86.2 g/mol. The van der Waals surface area contributed by atoms with Crippen molar-refractivity contribution in [3.63, 3.8) is 0 Å².